The zero-order valence-corrected chi connectivity index (χ0v) is 13.8. The maximum absolute atomic E-state index is 12.3. The van der Waals surface area contributed by atoms with Gasteiger partial charge in [0.15, 0.2) is 0 Å². The van der Waals surface area contributed by atoms with Crippen molar-refractivity contribution in [2.24, 2.45) is 5.41 Å². The fourth-order valence-electron chi connectivity index (χ4n) is 2.32. The summed E-state index contributed by atoms with van der Waals surface area (Å²) < 4.78 is 0. The number of nitrogens with one attached hydrogen (secondary N) is 1. The summed E-state index contributed by atoms with van der Waals surface area (Å²) in [4.78, 5) is 22.9. The first-order valence-corrected chi connectivity index (χ1v) is 7.88. The summed E-state index contributed by atoms with van der Waals surface area (Å²) in [7, 11) is 0. The average molecular weight is 305 g/mol. The van der Waals surface area contributed by atoms with E-state index < -0.39 is 11.4 Å². The molecule has 0 aliphatic rings. The molecule has 1 unspecified atom stereocenters. The van der Waals surface area contributed by atoms with E-state index in [1.807, 2.05) is 39.0 Å². The van der Waals surface area contributed by atoms with Crippen LogP contribution < -0.4 is 5.32 Å². The number of carboxylic acids is 1. The number of hydrogen-bond donors (Lipinski definition) is 2. The van der Waals surface area contributed by atoms with E-state index in [0.717, 1.165) is 19.3 Å². The molecule has 0 heterocycles. The molecule has 0 bridgehead atoms. The molecule has 4 heteroatoms. The number of aryl methyl sites for hydroxylation is 1. The smallest absolute Gasteiger partial charge is 0.303 e. The Hall–Kier alpha value is -1.84. The number of carbonyl (C=O) groups excluding carboxylic acids is 1. The van der Waals surface area contributed by atoms with Crippen LogP contribution in [0.3, 0.4) is 0 Å². The van der Waals surface area contributed by atoms with Crippen molar-refractivity contribution in [3.8, 4) is 0 Å². The van der Waals surface area contributed by atoms with Crippen molar-refractivity contribution in [2.75, 3.05) is 0 Å². The molecule has 1 aromatic rings. The summed E-state index contributed by atoms with van der Waals surface area (Å²) in [6.07, 6.45) is 3.26. The van der Waals surface area contributed by atoms with Crippen LogP contribution in [0.15, 0.2) is 30.3 Å². The van der Waals surface area contributed by atoms with Gasteiger partial charge in [0.1, 0.15) is 0 Å². The summed E-state index contributed by atoms with van der Waals surface area (Å²) in [5, 5.41) is 11.6. The van der Waals surface area contributed by atoms with Crippen molar-refractivity contribution >= 4 is 11.9 Å². The lowest BCUT2D eigenvalue weighted by Crippen LogP contribution is -2.42. The quantitative estimate of drug-likeness (QED) is 0.735. The van der Waals surface area contributed by atoms with Crippen molar-refractivity contribution in [3.05, 3.63) is 35.9 Å². The van der Waals surface area contributed by atoms with E-state index in [1.165, 1.54) is 5.56 Å². The van der Waals surface area contributed by atoms with Crippen molar-refractivity contribution in [3.63, 3.8) is 0 Å². The minimum absolute atomic E-state index is 0.00143. The van der Waals surface area contributed by atoms with Crippen LogP contribution in [-0.4, -0.2) is 23.0 Å². The van der Waals surface area contributed by atoms with Crippen LogP contribution in [-0.2, 0) is 16.0 Å². The number of aliphatic carboxylic acids is 1. The number of benzene rings is 1. The number of rotatable bonds is 9. The van der Waals surface area contributed by atoms with Crippen LogP contribution in [0, 0.1) is 5.41 Å². The lowest BCUT2D eigenvalue weighted by Gasteiger charge is -2.26. The maximum atomic E-state index is 12.3. The molecular weight excluding hydrogens is 278 g/mol. The molecule has 22 heavy (non-hydrogen) atoms. The highest BCUT2D eigenvalue weighted by Gasteiger charge is 2.27. The number of hydrogen-bond acceptors (Lipinski definition) is 2. The predicted octanol–water partition coefficient (Wildman–Crippen LogP) is 3.41. The molecule has 122 valence electrons. The normalized spacial score (nSPS) is 12.7. The zero-order valence-electron chi connectivity index (χ0n) is 13.8. The van der Waals surface area contributed by atoms with Gasteiger partial charge in [-0.2, -0.15) is 0 Å². The highest BCUT2D eigenvalue weighted by Crippen LogP contribution is 2.24. The first kappa shape index (κ1) is 18.2. The third-order valence-corrected chi connectivity index (χ3v) is 3.89. The average Bonchev–Trinajstić information content (AvgIpc) is 2.46. The molecule has 0 saturated carbocycles. The summed E-state index contributed by atoms with van der Waals surface area (Å²) >= 11 is 0. The largest absolute Gasteiger partial charge is 0.481 e. The third kappa shape index (κ3) is 6.74. The van der Waals surface area contributed by atoms with Crippen LogP contribution in [0.2, 0.25) is 0 Å². The van der Waals surface area contributed by atoms with E-state index in [-0.39, 0.29) is 18.4 Å². The van der Waals surface area contributed by atoms with Gasteiger partial charge in [-0.3, -0.25) is 9.59 Å². The zero-order chi connectivity index (χ0) is 16.6. The molecule has 1 amide bonds. The second-order valence-corrected chi connectivity index (χ2v) is 6.53. The molecule has 0 fully saturated rings. The van der Waals surface area contributed by atoms with E-state index in [1.54, 1.807) is 0 Å². The molecular formula is C18H27NO3. The van der Waals surface area contributed by atoms with Gasteiger partial charge >= 0.3 is 5.97 Å². The van der Waals surface area contributed by atoms with E-state index in [0.29, 0.717) is 6.42 Å². The minimum atomic E-state index is -0.830. The first-order chi connectivity index (χ1) is 10.3. The second kappa shape index (κ2) is 8.57. The standard InChI is InChI=1S/C18H27NO3/c1-14(11-12-16(20)21)19-17(22)18(2,3)13-7-10-15-8-5-4-6-9-15/h4-6,8-9,14H,7,10-13H2,1-3H3,(H,19,22)(H,20,21). The topological polar surface area (TPSA) is 66.4 Å². The Balaban J connectivity index is 2.37. The molecule has 4 nitrogen and oxygen atoms in total. The monoisotopic (exact) mass is 305 g/mol. The van der Waals surface area contributed by atoms with Crippen molar-refractivity contribution in [2.45, 2.75) is 58.9 Å². The fourth-order valence-corrected chi connectivity index (χ4v) is 2.32. The Bertz CT molecular complexity index is 482. The lowest BCUT2D eigenvalue weighted by molar-refractivity contribution is -0.137. The lowest BCUT2D eigenvalue weighted by atomic mass is 9.85. The minimum Gasteiger partial charge on any atom is -0.481 e. The Morgan fingerprint density at radius 3 is 2.45 bits per heavy atom. The molecule has 1 atom stereocenters. The summed E-state index contributed by atoms with van der Waals surface area (Å²) in [6.45, 7) is 5.73. The summed E-state index contributed by atoms with van der Waals surface area (Å²) in [6, 6.07) is 10.1. The number of amides is 1. The molecule has 0 spiro atoms. The molecule has 1 rings (SSSR count). The molecule has 2 N–H and O–H groups in total. The van der Waals surface area contributed by atoms with Gasteiger partial charge in [-0.15, -0.1) is 0 Å². The van der Waals surface area contributed by atoms with Crippen molar-refractivity contribution in [1.82, 2.24) is 5.32 Å². The van der Waals surface area contributed by atoms with Gasteiger partial charge in [-0.05, 0) is 38.2 Å². The summed E-state index contributed by atoms with van der Waals surface area (Å²) in [5.41, 5.74) is 0.847. The van der Waals surface area contributed by atoms with E-state index in [4.69, 9.17) is 5.11 Å². The van der Waals surface area contributed by atoms with Gasteiger partial charge in [-0.1, -0.05) is 44.2 Å². The molecule has 0 radical (unpaired) electrons. The van der Waals surface area contributed by atoms with E-state index in [9.17, 15) is 9.59 Å². The Morgan fingerprint density at radius 2 is 1.86 bits per heavy atom. The highest BCUT2D eigenvalue weighted by atomic mass is 16.4. The molecule has 0 aliphatic carbocycles. The highest BCUT2D eigenvalue weighted by molar-refractivity contribution is 5.82. The Labute approximate surface area is 132 Å². The first-order valence-electron chi connectivity index (χ1n) is 7.88. The van der Waals surface area contributed by atoms with Crippen molar-refractivity contribution in [1.29, 1.82) is 0 Å². The predicted molar refractivity (Wildman–Crippen MR) is 87.6 cm³/mol. The SMILES string of the molecule is CC(CCC(=O)O)NC(=O)C(C)(C)CCCc1ccccc1. The van der Waals surface area contributed by atoms with Crippen LogP contribution in [0.4, 0.5) is 0 Å². The van der Waals surface area contributed by atoms with Gasteiger partial charge in [-0.25, -0.2) is 0 Å². The number of carbonyl (C=O) groups is 2. The molecule has 1 aromatic carbocycles. The van der Waals surface area contributed by atoms with E-state index >= 15 is 0 Å². The van der Waals surface area contributed by atoms with Crippen LogP contribution in [0.25, 0.3) is 0 Å². The van der Waals surface area contributed by atoms with E-state index in [2.05, 4.69) is 17.4 Å². The van der Waals surface area contributed by atoms with Gasteiger partial charge in [0.2, 0.25) is 5.91 Å². The van der Waals surface area contributed by atoms with Crippen LogP contribution >= 0.6 is 0 Å². The van der Waals surface area contributed by atoms with Crippen LogP contribution in [0.5, 0.6) is 0 Å². The number of carboxylic acid groups (broad SMARTS) is 1. The van der Waals surface area contributed by atoms with Gasteiger partial charge in [0, 0.05) is 17.9 Å². The van der Waals surface area contributed by atoms with Gasteiger partial charge in [0.05, 0.1) is 0 Å². The van der Waals surface area contributed by atoms with Gasteiger partial charge < -0.3 is 10.4 Å². The van der Waals surface area contributed by atoms with Crippen molar-refractivity contribution < 1.29 is 14.7 Å². The fraction of sp³-hybridized carbons (Fsp3) is 0.556. The summed E-state index contributed by atoms with van der Waals surface area (Å²) in [5.74, 6) is -0.832. The molecule has 0 aromatic heterocycles. The third-order valence-electron chi connectivity index (χ3n) is 3.89. The van der Waals surface area contributed by atoms with Crippen LogP contribution in [0.1, 0.15) is 52.0 Å². The Kier molecular flexibility index (Phi) is 7.09. The second-order valence-electron chi connectivity index (χ2n) is 6.53. The maximum Gasteiger partial charge on any atom is 0.303 e. The molecule has 0 saturated heterocycles. The Morgan fingerprint density at radius 1 is 1.23 bits per heavy atom. The van der Waals surface area contributed by atoms with Gasteiger partial charge in [0.25, 0.3) is 0 Å². The molecule has 0 aliphatic heterocycles.